The molecule has 1 heterocycles. The van der Waals surface area contributed by atoms with Crippen molar-refractivity contribution >= 4 is 27.5 Å². The number of rotatable bonds is 2. The van der Waals surface area contributed by atoms with E-state index in [9.17, 15) is 9.90 Å². The van der Waals surface area contributed by atoms with Gasteiger partial charge in [0.25, 0.3) is 0 Å². The fourth-order valence-corrected chi connectivity index (χ4v) is 2.49. The van der Waals surface area contributed by atoms with Crippen LogP contribution in [0.25, 0.3) is 0 Å². The van der Waals surface area contributed by atoms with Crippen molar-refractivity contribution in [1.82, 2.24) is 4.90 Å². The Morgan fingerprint density at radius 3 is 2.72 bits per heavy atom. The Labute approximate surface area is 115 Å². The molecule has 1 aromatic carbocycles. The zero-order valence-electron chi connectivity index (χ0n) is 10.6. The Kier molecular flexibility index (Phi) is 3.92. The van der Waals surface area contributed by atoms with Crippen molar-refractivity contribution in [3.05, 3.63) is 28.2 Å². The molecule has 18 heavy (non-hydrogen) atoms. The molecule has 0 bridgehead atoms. The van der Waals surface area contributed by atoms with E-state index in [-0.39, 0.29) is 5.91 Å². The quantitative estimate of drug-likeness (QED) is 0.905. The van der Waals surface area contributed by atoms with Gasteiger partial charge in [0.05, 0.1) is 12.6 Å². The van der Waals surface area contributed by atoms with Crippen molar-refractivity contribution in [2.24, 2.45) is 0 Å². The Bertz CT molecular complexity index is 462. The first-order valence-corrected chi connectivity index (χ1v) is 6.75. The second kappa shape index (κ2) is 5.28. The summed E-state index contributed by atoms with van der Waals surface area (Å²) in [5.74, 6) is 0.112. The summed E-state index contributed by atoms with van der Waals surface area (Å²) in [7, 11) is 1.82. The van der Waals surface area contributed by atoms with E-state index in [1.165, 1.54) is 0 Å². The van der Waals surface area contributed by atoms with Crippen molar-refractivity contribution in [3.8, 4) is 0 Å². The van der Waals surface area contributed by atoms with E-state index in [0.717, 1.165) is 22.3 Å². The van der Waals surface area contributed by atoms with E-state index in [2.05, 4.69) is 15.9 Å². The molecular formula is C13H17BrN2O2. The summed E-state index contributed by atoms with van der Waals surface area (Å²) in [6.07, 6.45) is -0.549. The van der Waals surface area contributed by atoms with E-state index in [4.69, 9.17) is 0 Å². The Morgan fingerprint density at radius 2 is 2.11 bits per heavy atom. The van der Waals surface area contributed by atoms with Crippen molar-refractivity contribution in [2.45, 2.75) is 13.0 Å². The van der Waals surface area contributed by atoms with Gasteiger partial charge in [-0.1, -0.05) is 15.9 Å². The highest BCUT2D eigenvalue weighted by atomic mass is 79.9. The SMILES string of the molecule is CC(O)c1cc(Br)ccc1N1CCN(C)C(=O)C1. The summed E-state index contributed by atoms with van der Waals surface area (Å²) in [6.45, 7) is 3.62. The van der Waals surface area contributed by atoms with E-state index < -0.39 is 6.10 Å². The average molecular weight is 313 g/mol. The molecule has 0 aliphatic carbocycles. The molecule has 98 valence electrons. The fourth-order valence-electron chi connectivity index (χ4n) is 2.11. The maximum Gasteiger partial charge on any atom is 0.241 e. The summed E-state index contributed by atoms with van der Waals surface area (Å²) in [5.41, 5.74) is 1.79. The van der Waals surface area contributed by atoms with Gasteiger partial charge < -0.3 is 14.9 Å². The molecule has 4 nitrogen and oxygen atoms in total. The lowest BCUT2D eigenvalue weighted by atomic mass is 10.1. The monoisotopic (exact) mass is 312 g/mol. The lowest BCUT2D eigenvalue weighted by molar-refractivity contribution is -0.129. The van der Waals surface area contributed by atoms with Gasteiger partial charge in [0.2, 0.25) is 5.91 Å². The number of halogens is 1. The van der Waals surface area contributed by atoms with Gasteiger partial charge in [0.1, 0.15) is 0 Å². The maximum absolute atomic E-state index is 11.7. The van der Waals surface area contributed by atoms with Crippen molar-refractivity contribution in [2.75, 3.05) is 31.6 Å². The van der Waals surface area contributed by atoms with Crippen LogP contribution in [0, 0.1) is 0 Å². The van der Waals surface area contributed by atoms with Crippen LogP contribution in [0.1, 0.15) is 18.6 Å². The second-order valence-electron chi connectivity index (χ2n) is 4.62. The van der Waals surface area contributed by atoms with Crippen LogP contribution in [0.2, 0.25) is 0 Å². The van der Waals surface area contributed by atoms with E-state index in [0.29, 0.717) is 13.1 Å². The molecule has 1 aliphatic heterocycles. The van der Waals surface area contributed by atoms with Gasteiger partial charge in [-0.2, -0.15) is 0 Å². The Balaban J connectivity index is 2.30. The maximum atomic E-state index is 11.7. The molecule has 2 rings (SSSR count). The van der Waals surface area contributed by atoms with E-state index in [1.807, 2.05) is 30.1 Å². The van der Waals surface area contributed by atoms with Gasteiger partial charge in [0.15, 0.2) is 0 Å². The second-order valence-corrected chi connectivity index (χ2v) is 5.53. The van der Waals surface area contributed by atoms with Gasteiger partial charge in [-0.3, -0.25) is 4.79 Å². The largest absolute Gasteiger partial charge is 0.389 e. The predicted octanol–water partition coefficient (Wildman–Crippen LogP) is 1.78. The van der Waals surface area contributed by atoms with Gasteiger partial charge >= 0.3 is 0 Å². The molecule has 1 saturated heterocycles. The molecule has 1 fully saturated rings. The number of piperazine rings is 1. The lowest BCUT2D eigenvalue weighted by Gasteiger charge is -2.35. The Hall–Kier alpha value is -1.07. The average Bonchev–Trinajstić information content (AvgIpc) is 2.32. The van der Waals surface area contributed by atoms with E-state index in [1.54, 1.807) is 11.8 Å². The van der Waals surface area contributed by atoms with Crippen molar-refractivity contribution in [1.29, 1.82) is 0 Å². The third-order valence-electron chi connectivity index (χ3n) is 3.24. The Morgan fingerprint density at radius 1 is 1.39 bits per heavy atom. The number of amides is 1. The molecule has 1 N–H and O–H groups in total. The molecule has 0 radical (unpaired) electrons. The van der Waals surface area contributed by atoms with Crippen molar-refractivity contribution in [3.63, 3.8) is 0 Å². The molecule has 1 amide bonds. The van der Waals surface area contributed by atoms with Crippen LogP contribution in [0.5, 0.6) is 0 Å². The first-order chi connectivity index (χ1) is 8.49. The summed E-state index contributed by atoms with van der Waals surface area (Å²) in [5, 5.41) is 9.83. The van der Waals surface area contributed by atoms with Crippen molar-refractivity contribution < 1.29 is 9.90 Å². The normalized spacial score (nSPS) is 18.1. The molecule has 5 heteroatoms. The van der Waals surface area contributed by atoms with Crippen LogP contribution in [0.15, 0.2) is 22.7 Å². The minimum atomic E-state index is -0.549. The number of aliphatic hydroxyl groups excluding tert-OH is 1. The summed E-state index contributed by atoms with van der Waals surface area (Å²) < 4.78 is 0.933. The molecule has 1 aromatic rings. The number of anilines is 1. The molecular weight excluding hydrogens is 296 g/mol. The van der Waals surface area contributed by atoms with Crippen LogP contribution in [0.4, 0.5) is 5.69 Å². The summed E-state index contributed by atoms with van der Waals surface area (Å²) >= 11 is 3.41. The fraction of sp³-hybridized carbons (Fsp3) is 0.462. The number of aliphatic hydroxyl groups is 1. The predicted molar refractivity (Wildman–Crippen MR) is 74.6 cm³/mol. The standard InChI is InChI=1S/C13H17BrN2O2/c1-9(17)11-7-10(14)3-4-12(11)16-6-5-15(2)13(18)8-16/h3-4,7,9,17H,5-6,8H2,1-2H3. The number of likely N-dealkylation sites (N-methyl/N-ethyl adjacent to an activating group) is 1. The number of nitrogens with zero attached hydrogens (tertiary/aromatic N) is 2. The van der Waals surface area contributed by atoms with Crippen LogP contribution in [-0.4, -0.2) is 42.6 Å². The lowest BCUT2D eigenvalue weighted by Crippen LogP contribution is -2.48. The van der Waals surface area contributed by atoms with Crippen LogP contribution < -0.4 is 4.90 Å². The molecule has 0 saturated carbocycles. The van der Waals surface area contributed by atoms with Gasteiger partial charge in [-0.15, -0.1) is 0 Å². The number of carbonyl (C=O) groups is 1. The van der Waals surface area contributed by atoms with Gasteiger partial charge in [-0.25, -0.2) is 0 Å². The highest BCUT2D eigenvalue weighted by Gasteiger charge is 2.23. The third-order valence-corrected chi connectivity index (χ3v) is 3.73. The summed E-state index contributed by atoms with van der Waals surface area (Å²) in [6, 6.07) is 5.79. The summed E-state index contributed by atoms with van der Waals surface area (Å²) in [4.78, 5) is 15.5. The third kappa shape index (κ3) is 2.67. The molecule has 1 unspecified atom stereocenters. The first-order valence-electron chi connectivity index (χ1n) is 5.95. The molecule has 0 aromatic heterocycles. The topological polar surface area (TPSA) is 43.8 Å². The van der Waals surface area contributed by atoms with Gasteiger partial charge in [-0.05, 0) is 25.1 Å². The zero-order valence-corrected chi connectivity index (χ0v) is 12.1. The number of benzene rings is 1. The molecule has 1 atom stereocenters. The minimum Gasteiger partial charge on any atom is -0.389 e. The highest BCUT2D eigenvalue weighted by molar-refractivity contribution is 9.10. The first kappa shape index (κ1) is 13.4. The van der Waals surface area contributed by atoms with E-state index >= 15 is 0 Å². The number of hydrogen-bond acceptors (Lipinski definition) is 3. The number of carbonyl (C=O) groups excluding carboxylic acids is 1. The van der Waals surface area contributed by atoms with Crippen LogP contribution >= 0.6 is 15.9 Å². The number of hydrogen-bond donors (Lipinski definition) is 1. The smallest absolute Gasteiger partial charge is 0.241 e. The molecule has 0 spiro atoms. The van der Waals surface area contributed by atoms with Gasteiger partial charge in [0, 0.05) is 35.9 Å². The minimum absolute atomic E-state index is 0.112. The van der Waals surface area contributed by atoms with Crippen LogP contribution in [0.3, 0.4) is 0 Å². The van der Waals surface area contributed by atoms with Crippen LogP contribution in [-0.2, 0) is 4.79 Å². The molecule has 1 aliphatic rings. The highest BCUT2D eigenvalue weighted by Crippen LogP contribution is 2.30. The zero-order chi connectivity index (χ0) is 13.3.